The molecule has 2 aliphatic carbocycles. The van der Waals surface area contributed by atoms with Gasteiger partial charge >= 0.3 is 0 Å². The number of methoxy groups -OCH3 is 1. The van der Waals surface area contributed by atoms with Crippen LogP contribution in [0.2, 0.25) is 0 Å². The zero-order valence-corrected chi connectivity index (χ0v) is 22.4. The molecule has 2 aliphatic rings. The third-order valence-electron chi connectivity index (χ3n) is 8.18. The molecule has 0 bridgehead atoms. The number of hydrogen-bond donors (Lipinski definition) is 6. The van der Waals surface area contributed by atoms with Crippen molar-refractivity contribution in [2.24, 2.45) is 11.8 Å². The summed E-state index contributed by atoms with van der Waals surface area (Å²) in [5.41, 5.74) is 1.79. The highest BCUT2D eigenvalue weighted by atomic mass is 16.5. The quantitative estimate of drug-likeness (QED) is 0.209. The largest absolute Gasteiger partial charge is 0.497 e. The molecule has 0 saturated heterocycles. The van der Waals surface area contributed by atoms with Gasteiger partial charge in [0.2, 0.25) is 5.91 Å². The summed E-state index contributed by atoms with van der Waals surface area (Å²) in [6, 6.07) is 5.68. The average Bonchev–Trinajstić information content (AvgIpc) is 3.50. The van der Waals surface area contributed by atoms with E-state index in [0.717, 1.165) is 49.4 Å². The molecule has 2 saturated carbocycles. The fourth-order valence-corrected chi connectivity index (χ4v) is 5.73. The second-order valence-corrected chi connectivity index (χ2v) is 11.1. The molecule has 2 aromatic heterocycles. The molecule has 2 heterocycles. The lowest BCUT2D eigenvalue weighted by molar-refractivity contribution is -0.125. The number of aromatic amines is 2. The maximum absolute atomic E-state index is 13.7. The summed E-state index contributed by atoms with van der Waals surface area (Å²) >= 11 is 0. The van der Waals surface area contributed by atoms with Crippen molar-refractivity contribution in [3.05, 3.63) is 48.2 Å². The minimum absolute atomic E-state index is 0.0758. The number of aliphatic hydroxyl groups excluding tert-OH is 2. The number of nitrogens with one attached hydrogen (secondary N) is 4. The van der Waals surface area contributed by atoms with Gasteiger partial charge in [0.1, 0.15) is 23.6 Å². The summed E-state index contributed by atoms with van der Waals surface area (Å²) in [5.74, 6) is 0.313. The van der Waals surface area contributed by atoms with Crippen LogP contribution in [0.4, 0.5) is 0 Å². The standard InChI is InChI=1S/C29H39N5O5/c1-39-21-9-10-22-19(12-21)13-24(32-22)28(37)34-25(14-20-15-30-16-31-20)29(38)33-23(11-17-5-3-2-4-6-17)27(36)26(35)18-7-8-18/h9-10,12-13,15-18,23,25-27,32,35-36H,2-8,11,14H2,1H3,(H,30,31)(H,33,38)(H,34,37)/t23-,25-,26-,27+/m0/s1. The summed E-state index contributed by atoms with van der Waals surface area (Å²) < 4.78 is 5.28. The summed E-state index contributed by atoms with van der Waals surface area (Å²) in [6.07, 6.45) is 9.38. The SMILES string of the molecule is COc1ccc2[nH]c(C(=O)N[C@@H](Cc3cnc[nH]3)C(=O)N[C@@H](CC3CCCCC3)[C@@H](O)[C@@H](O)C3CC3)cc2c1. The van der Waals surface area contributed by atoms with Crippen LogP contribution in [0.5, 0.6) is 5.75 Å². The van der Waals surface area contributed by atoms with Crippen LogP contribution < -0.4 is 15.4 Å². The first-order chi connectivity index (χ1) is 18.9. The van der Waals surface area contributed by atoms with Gasteiger partial charge in [-0.25, -0.2) is 4.98 Å². The van der Waals surface area contributed by atoms with Crippen molar-refractivity contribution in [2.75, 3.05) is 7.11 Å². The van der Waals surface area contributed by atoms with Crippen LogP contribution in [0, 0.1) is 11.8 Å². The average molecular weight is 538 g/mol. The van der Waals surface area contributed by atoms with E-state index in [4.69, 9.17) is 4.74 Å². The first kappa shape index (κ1) is 27.2. The monoisotopic (exact) mass is 537 g/mol. The van der Waals surface area contributed by atoms with E-state index in [9.17, 15) is 19.8 Å². The van der Waals surface area contributed by atoms with E-state index in [0.29, 0.717) is 29.5 Å². The van der Waals surface area contributed by atoms with Crippen LogP contribution in [-0.2, 0) is 11.2 Å². The van der Waals surface area contributed by atoms with E-state index in [1.165, 1.54) is 12.7 Å². The van der Waals surface area contributed by atoms with Gasteiger partial charge in [0.15, 0.2) is 0 Å². The molecule has 4 atom stereocenters. The molecule has 39 heavy (non-hydrogen) atoms. The lowest BCUT2D eigenvalue weighted by atomic mass is 9.82. The normalized spacial score (nSPS) is 19.3. The summed E-state index contributed by atoms with van der Waals surface area (Å²) in [4.78, 5) is 37.1. The van der Waals surface area contributed by atoms with Gasteiger partial charge in [0.25, 0.3) is 5.91 Å². The fourth-order valence-electron chi connectivity index (χ4n) is 5.73. The third kappa shape index (κ3) is 6.80. The number of carbonyl (C=O) groups excluding carboxylic acids is 2. The number of H-pyrrole nitrogens is 2. The summed E-state index contributed by atoms with van der Waals surface area (Å²) in [6.45, 7) is 0. The van der Waals surface area contributed by atoms with Crippen LogP contribution in [0.25, 0.3) is 10.9 Å². The molecule has 6 N–H and O–H groups in total. The van der Waals surface area contributed by atoms with Gasteiger partial charge in [-0.1, -0.05) is 32.1 Å². The van der Waals surface area contributed by atoms with Gasteiger partial charge in [0.05, 0.1) is 25.6 Å². The zero-order valence-electron chi connectivity index (χ0n) is 22.4. The van der Waals surface area contributed by atoms with E-state index in [1.54, 1.807) is 19.4 Å². The summed E-state index contributed by atoms with van der Waals surface area (Å²) in [5, 5.41) is 28.5. The Morgan fingerprint density at radius 2 is 1.90 bits per heavy atom. The maximum atomic E-state index is 13.7. The molecule has 0 unspecified atom stereocenters. The van der Waals surface area contributed by atoms with Crippen LogP contribution in [-0.4, -0.2) is 68.4 Å². The first-order valence-corrected chi connectivity index (χ1v) is 14.0. The Kier molecular flexibility index (Phi) is 8.52. The number of benzene rings is 1. The minimum Gasteiger partial charge on any atom is -0.497 e. The van der Waals surface area contributed by atoms with Crippen molar-refractivity contribution in [1.29, 1.82) is 0 Å². The van der Waals surface area contributed by atoms with E-state index >= 15 is 0 Å². The Morgan fingerprint density at radius 1 is 1.10 bits per heavy atom. The van der Waals surface area contributed by atoms with E-state index in [2.05, 4.69) is 25.6 Å². The van der Waals surface area contributed by atoms with Crippen molar-refractivity contribution < 1.29 is 24.5 Å². The van der Waals surface area contributed by atoms with Gasteiger partial charge in [-0.15, -0.1) is 0 Å². The van der Waals surface area contributed by atoms with Crippen LogP contribution in [0.3, 0.4) is 0 Å². The van der Waals surface area contributed by atoms with Gasteiger partial charge < -0.3 is 35.6 Å². The molecule has 10 heteroatoms. The number of hydrogen-bond acceptors (Lipinski definition) is 6. The number of aliphatic hydroxyl groups is 2. The third-order valence-corrected chi connectivity index (χ3v) is 8.18. The summed E-state index contributed by atoms with van der Waals surface area (Å²) in [7, 11) is 1.59. The molecule has 210 valence electrons. The highest BCUT2D eigenvalue weighted by Crippen LogP contribution is 2.36. The Labute approximate surface area is 227 Å². The Balaban J connectivity index is 1.33. The second kappa shape index (κ2) is 12.2. The maximum Gasteiger partial charge on any atom is 0.268 e. The minimum atomic E-state index is -1.06. The van der Waals surface area contributed by atoms with Crippen molar-refractivity contribution in [3.8, 4) is 5.75 Å². The lowest BCUT2D eigenvalue weighted by Gasteiger charge is -2.33. The van der Waals surface area contributed by atoms with Gasteiger partial charge in [-0.3, -0.25) is 9.59 Å². The zero-order chi connectivity index (χ0) is 27.4. The number of ether oxygens (including phenoxy) is 1. The van der Waals surface area contributed by atoms with Crippen molar-refractivity contribution in [2.45, 2.75) is 82.1 Å². The molecule has 0 spiro atoms. The molecule has 2 amide bonds. The molecule has 5 rings (SSSR count). The van der Waals surface area contributed by atoms with Crippen molar-refractivity contribution in [3.63, 3.8) is 0 Å². The molecule has 10 nitrogen and oxygen atoms in total. The lowest BCUT2D eigenvalue weighted by Crippen LogP contribution is -2.56. The number of fused-ring (bicyclic) bond motifs is 1. The number of nitrogens with zero attached hydrogens (tertiary/aromatic N) is 1. The van der Waals surface area contributed by atoms with Gasteiger partial charge in [-0.2, -0.15) is 0 Å². The van der Waals surface area contributed by atoms with Crippen molar-refractivity contribution in [1.82, 2.24) is 25.6 Å². The predicted octanol–water partition coefficient (Wildman–Crippen LogP) is 2.83. The predicted molar refractivity (Wildman–Crippen MR) is 146 cm³/mol. The molecular weight excluding hydrogens is 498 g/mol. The number of aromatic nitrogens is 3. The number of imidazole rings is 1. The smallest absolute Gasteiger partial charge is 0.268 e. The molecule has 1 aromatic carbocycles. The second-order valence-electron chi connectivity index (χ2n) is 11.1. The molecule has 3 aromatic rings. The number of carbonyl (C=O) groups is 2. The molecule has 0 aliphatic heterocycles. The Bertz CT molecular complexity index is 1250. The highest BCUT2D eigenvalue weighted by Gasteiger charge is 2.40. The number of rotatable bonds is 12. The van der Waals surface area contributed by atoms with Crippen LogP contribution in [0.1, 0.15) is 67.5 Å². The van der Waals surface area contributed by atoms with E-state index in [-0.39, 0.29) is 12.3 Å². The van der Waals surface area contributed by atoms with Crippen molar-refractivity contribution >= 4 is 22.7 Å². The Morgan fingerprint density at radius 3 is 2.59 bits per heavy atom. The Hall–Kier alpha value is -3.37. The number of amides is 2. The van der Waals surface area contributed by atoms with Gasteiger partial charge in [0, 0.05) is 29.2 Å². The topological polar surface area (TPSA) is 152 Å². The van der Waals surface area contributed by atoms with E-state index in [1.807, 2.05) is 18.2 Å². The molecular formula is C29H39N5O5. The fraction of sp³-hybridized carbons (Fsp3) is 0.552. The highest BCUT2D eigenvalue weighted by molar-refractivity contribution is 6.00. The van der Waals surface area contributed by atoms with Crippen LogP contribution >= 0.6 is 0 Å². The molecule has 2 fully saturated rings. The molecule has 0 radical (unpaired) electrons. The van der Waals surface area contributed by atoms with E-state index < -0.39 is 36.1 Å². The van der Waals surface area contributed by atoms with Gasteiger partial charge in [-0.05, 0) is 55.4 Å². The van der Waals surface area contributed by atoms with Crippen LogP contribution in [0.15, 0.2) is 36.8 Å². The first-order valence-electron chi connectivity index (χ1n) is 14.0.